The number of nitrogens with one attached hydrogen (secondary N) is 1. The minimum Gasteiger partial charge on any atom is -0.362 e. The van der Waals surface area contributed by atoms with Crippen LogP contribution in [-0.2, 0) is 0 Å². The first-order valence-corrected chi connectivity index (χ1v) is 4.19. The molecular formula is C12H13N. The Kier molecular flexibility index (Phi) is 4.19. The first kappa shape index (κ1) is 9.33. The summed E-state index contributed by atoms with van der Waals surface area (Å²) in [7, 11) is 0. The lowest BCUT2D eigenvalue weighted by molar-refractivity contribution is 1.58. The fraction of sp³-hybridized carbons (Fsp3) is 0. The second-order valence-corrected chi connectivity index (χ2v) is 2.49. The molecule has 1 nitrogen and oxygen atoms in total. The molecule has 1 rings (SSSR count). The SMILES string of the molecule is C=C/C=C\C=C\Nc1ccccc1. The Labute approximate surface area is 79.1 Å². The maximum atomic E-state index is 3.58. The molecular weight excluding hydrogens is 158 g/mol. The van der Waals surface area contributed by atoms with Gasteiger partial charge in [0.15, 0.2) is 0 Å². The molecule has 0 fully saturated rings. The molecule has 1 N–H and O–H groups in total. The summed E-state index contributed by atoms with van der Waals surface area (Å²) in [5.74, 6) is 0. The highest BCUT2D eigenvalue weighted by atomic mass is 14.8. The molecule has 0 spiro atoms. The summed E-state index contributed by atoms with van der Waals surface area (Å²) in [5, 5.41) is 3.14. The highest BCUT2D eigenvalue weighted by molar-refractivity contribution is 5.45. The lowest BCUT2D eigenvalue weighted by atomic mass is 10.3. The predicted octanol–water partition coefficient (Wildman–Crippen LogP) is 3.35. The second kappa shape index (κ2) is 5.84. The van der Waals surface area contributed by atoms with Crippen LogP contribution in [0.25, 0.3) is 0 Å². The van der Waals surface area contributed by atoms with E-state index in [-0.39, 0.29) is 0 Å². The number of anilines is 1. The average Bonchev–Trinajstić information content (AvgIpc) is 2.19. The molecule has 0 amide bonds. The molecule has 0 aliphatic rings. The third kappa shape index (κ3) is 3.97. The van der Waals surface area contributed by atoms with Gasteiger partial charge in [-0.15, -0.1) is 0 Å². The monoisotopic (exact) mass is 171 g/mol. The molecule has 0 unspecified atom stereocenters. The van der Waals surface area contributed by atoms with Gasteiger partial charge in [-0.2, -0.15) is 0 Å². The van der Waals surface area contributed by atoms with Crippen molar-refractivity contribution in [1.29, 1.82) is 0 Å². The molecule has 13 heavy (non-hydrogen) atoms. The Bertz CT molecular complexity index is 296. The Balaban J connectivity index is 2.39. The van der Waals surface area contributed by atoms with E-state index in [2.05, 4.69) is 11.9 Å². The molecule has 0 aliphatic carbocycles. The van der Waals surface area contributed by atoms with Gasteiger partial charge in [0.2, 0.25) is 0 Å². The molecule has 0 atom stereocenters. The number of rotatable bonds is 4. The van der Waals surface area contributed by atoms with Crippen molar-refractivity contribution >= 4 is 5.69 Å². The standard InChI is InChI=1S/C12H13N/c1-2-3-4-8-11-13-12-9-6-5-7-10-12/h2-11,13H,1H2/b4-3-,11-8+. The van der Waals surface area contributed by atoms with E-state index in [9.17, 15) is 0 Å². The van der Waals surface area contributed by atoms with Crippen LogP contribution < -0.4 is 5.32 Å². The van der Waals surface area contributed by atoms with Crippen LogP contribution in [0, 0.1) is 0 Å². The van der Waals surface area contributed by atoms with Crippen molar-refractivity contribution < 1.29 is 0 Å². The fourth-order valence-electron chi connectivity index (χ4n) is 0.877. The van der Waals surface area contributed by atoms with Crippen molar-refractivity contribution in [1.82, 2.24) is 0 Å². The van der Waals surface area contributed by atoms with Gasteiger partial charge in [-0.3, -0.25) is 0 Å². The van der Waals surface area contributed by atoms with Gasteiger partial charge >= 0.3 is 0 Å². The topological polar surface area (TPSA) is 12.0 Å². The maximum absolute atomic E-state index is 3.58. The Morgan fingerprint density at radius 3 is 2.46 bits per heavy atom. The molecule has 0 heterocycles. The Morgan fingerprint density at radius 2 is 1.77 bits per heavy atom. The summed E-state index contributed by atoms with van der Waals surface area (Å²) in [6.07, 6.45) is 9.35. The molecule has 1 aromatic rings. The van der Waals surface area contributed by atoms with Crippen molar-refractivity contribution in [3.8, 4) is 0 Å². The number of hydrogen-bond acceptors (Lipinski definition) is 1. The molecule has 1 aromatic carbocycles. The molecule has 1 heteroatoms. The second-order valence-electron chi connectivity index (χ2n) is 2.49. The molecule has 66 valence electrons. The average molecular weight is 171 g/mol. The number of para-hydroxylation sites is 1. The summed E-state index contributed by atoms with van der Waals surface area (Å²) >= 11 is 0. The van der Waals surface area contributed by atoms with Crippen LogP contribution in [0.15, 0.2) is 67.4 Å². The number of benzene rings is 1. The van der Waals surface area contributed by atoms with Crippen LogP contribution in [0.1, 0.15) is 0 Å². The van der Waals surface area contributed by atoms with Gasteiger partial charge < -0.3 is 5.32 Å². The highest BCUT2D eigenvalue weighted by Gasteiger charge is 1.81. The normalized spacial score (nSPS) is 10.8. The number of allylic oxidation sites excluding steroid dienone is 4. The van der Waals surface area contributed by atoms with Gasteiger partial charge in [-0.25, -0.2) is 0 Å². The quantitative estimate of drug-likeness (QED) is 0.685. The minimum absolute atomic E-state index is 1.09. The third-order valence-electron chi connectivity index (χ3n) is 1.48. The van der Waals surface area contributed by atoms with Gasteiger partial charge in [0.1, 0.15) is 0 Å². The van der Waals surface area contributed by atoms with Crippen molar-refractivity contribution in [2.24, 2.45) is 0 Å². The summed E-state index contributed by atoms with van der Waals surface area (Å²) in [4.78, 5) is 0. The van der Waals surface area contributed by atoms with Gasteiger partial charge in [0.25, 0.3) is 0 Å². The van der Waals surface area contributed by atoms with Crippen LogP contribution in [0.4, 0.5) is 5.69 Å². The summed E-state index contributed by atoms with van der Waals surface area (Å²) in [6, 6.07) is 10.0. The third-order valence-corrected chi connectivity index (χ3v) is 1.48. The maximum Gasteiger partial charge on any atom is 0.0379 e. The molecule has 0 radical (unpaired) electrons. The van der Waals surface area contributed by atoms with Gasteiger partial charge in [-0.1, -0.05) is 43.0 Å². The molecule has 0 aliphatic heterocycles. The zero-order chi connectivity index (χ0) is 9.36. The molecule has 0 aromatic heterocycles. The van der Waals surface area contributed by atoms with Crippen molar-refractivity contribution in [2.75, 3.05) is 5.32 Å². The van der Waals surface area contributed by atoms with E-state index in [1.54, 1.807) is 6.08 Å². The van der Waals surface area contributed by atoms with E-state index in [1.807, 2.05) is 54.8 Å². The van der Waals surface area contributed by atoms with Crippen LogP contribution in [0.3, 0.4) is 0 Å². The predicted molar refractivity (Wildman–Crippen MR) is 58.5 cm³/mol. The van der Waals surface area contributed by atoms with E-state index in [0.717, 1.165) is 5.69 Å². The molecule has 0 saturated carbocycles. The smallest absolute Gasteiger partial charge is 0.0379 e. The van der Waals surface area contributed by atoms with E-state index < -0.39 is 0 Å². The Hall–Kier alpha value is -1.76. The molecule has 0 saturated heterocycles. The number of hydrogen-bond donors (Lipinski definition) is 1. The largest absolute Gasteiger partial charge is 0.362 e. The van der Waals surface area contributed by atoms with Crippen molar-refractivity contribution in [3.05, 3.63) is 67.4 Å². The minimum atomic E-state index is 1.09. The van der Waals surface area contributed by atoms with Gasteiger partial charge in [0.05, 0.1) is 0 Å². The lowest BCUT2D eigenvalue weighted by Crippen LogP contribution is -1.84. The van der Waals surface area contributed by atoms with E-state index in [4.69, 9.17) is 0 Å². The summed E-state index contributed by atoms with van der Waals surface area (Å²) < 4.78 is 0. The van der Waals surface area contributed by atoms with Crippen LogP contribution >= 0.6 is 0 Å². The Morgan fingerprint density at radius 1 is 1.00 bits per heavy atom. The van der Waals surface area contributed by atoms with Crippen molar-refractivity contribution in [3.63, 3.8) is 0 Å². The van der Waals surface area contributed by atoms with Crippen LogP contribution in [-0.4, -0.2) is 0 Å². The first-order valence-electron chi connectivity index (χ1n) is 4.19. The zero-order valence-electron chi connectivity index (χ0n) is 7.48. The van der Waals surface area contributed by atoms with Crippen LogP contribution in [0.5, 0.6) is 0 Å². The highest BCUT2D eigenvalue weighted by Crippen LogP contribution is 2.03. The van der Waals surface area contributed by atoms with Crippen LogP contribution in [0.2, 0.25) is 0 Å². The lowest BCUT2D eigenvalue weighted by Gasteiger charge is -1.96. The van der Waals surface area contributed by atoms with Crippen molar-refractivity contribution in [2.45, 2.75) is 0 Å². The van der Waals surface area contributed by atoms with E-state index in [0.29, 0.717) is 0 Å². The van der Waals surface area contributed by atoms with Gasteiger partial charge in [-0.05, 0) is 18.2 Å². The summed E-state index contributed by atoms with van der Waals surface area (Å²) in [6.45, 7) is 3.58. The summed E-state index contributed by atoms with van der Waals surface area (Å²) in [5.41, 5.74) is 1.09. The molecule has 0 bridgehead atoms. The van der Waals surface area contributed by atoms with E-state index in [1.165, 1.54) is 0 Å². The first-order chi connectivity index (χ1) is 6.43. The van der Waals surface area contributed by atoms with Gasteiger partial charge in [0, 0.05) is 11.9 Å². The fourth-order valence-corrected chi connectivity index (χ4v) is 0.877. The zero-order valence-corrected chi connectivity index (χ0v) is 7.48. The van der Waals surface area contributed by atoms with E-state index >= 15 is 0 Å².